The van der Waals surface area contributed by atoms with Crippen molar-refractivity contribution in [3.8, 4) is 0 Å². The number of nitrogens with one attached hydrogen (secondary N) is 1. The van der Waals surface area contributed by atoms with Gasteiger partial charge in [-0.1, -0.05) is 27.7 Å². The summed E-state index contributed by atoms with van der Waals surface area (Å²) in [5, 5.41) is 3.78. The Hall–Kier alpha value is -0.0800. The Morgan fingerprint density at radius 2 is 1.89 bits per heavy atom. The van der Waals surface area contributed by atoms with Gasteiger partial charge < -0.3 is 5.32 Å². The van der Waals surface area contributed by atoms with Crippen LogP contribution in [0.4, 0.5) is 0 Å². The summed E-state index contributed by atoms with van der Waals surface area (Å²) in [4.78, 5) is 2.82. The Morgan fingerprint density at radius 1 is 1.17 bits per heavy atom. The number of likely N-dealkylation sites (tertiary alicyclic amines) is 1. The van der Waals surface area contributed by atoms with Crippen LogP contribution in [-0.4, -0.2) is 36.1 Å². The van der Waals surface area contributed by atoms with E-state index in [1.165, 1.54) is 32.2 Å². The quantitative estimate of drug-likeness (QED) is 0.829. The molecule has 18 heavy (non-hydrogen) atoms. The van der Waals surface area contributed by atoms with Gasteiger partial charge in [0.15, 0.2) is 0 Å². The normalized spacial score (nSPS) is 41.2. The van der Waals surface area contributed by atoms with Crippen molar-refractivity contribution >= 4 is 0 Å². The first-order valence-electron chi connectivity index (χ1n) is 7.95. The molecule has 1 saturated carbocycles. The summed E-state index contributed by atoms with van der Waals surface area (Å²) in [7, 11) is 0. The molecule has 0 spiro atoms. The molecule has 2 heteroatoms. The summed E-state index contributed by atoms with van der Waals surface area (Å²) in [6.07, 6.45) is 5.55. The van der Waals surface area contributed by atoms with Crippen molar-refractivity contribution in [3.63, 3.8) is 0 Å². The molecular weight excluding hydrogens is 220 g/mol. The summed E-state index contributed by atoms with van der Waals surface area (Å²) < 4.78 is 0. The van der Waals surface area contributed by atoms with Gasteiger partial charge in [-0.3, -0.25) is 4.90 Å². The Bertz CT molecular complexity index is 274. The molecule has 2 fully saturated rings. The Balaban J connectivity index is 2.10. The van der Waals surface area contributed by atoms with Gasteiger partial charge in [0.2, 0.25) is 0 Å². The molecule has 0 aromatic carbocycles. The molecule has 4 unspecified atom stereocenters. The molecular formula is C16H32N2. The zero-order valence-corrected chi connectivity index (χ0v) is 13.0. The van der Waals surface area contributed by atoms with Crippen LogP contribution >= 0.6 is 0 Å². The molecule has 0 amide bonds. The number of piperidine rings is 1. The van der Waals surface area contributed by atoms with Gasteiger partial charge in [-0.25, -0.2) is 0 Å². The maximum Gasteiger partial charge on any atom is 0.0274 e. The zero-order valence-electron chi connectivity index (χ0n) is 13.0. The molecule has 2 aliphatic rings. The molecule has 2 nitrogen and oxygen atoms in total. The van der Waals surface area contributed by atoms with Crippen LogP contribution in [0.3, 0.4) is 0 Å². The molecule has 0 radical (unpaired) electrons. The third kappa shape index (κ3) is 2.75. The fourth-order valence-electron chi connectivity index (χ4n) is 4.14. The molecule has 0 bridgehead atoms. The zero-order chi connectivity index (χ0) is 13.3. The number of likely N-dealkylation sites (N-methyl/N-ethyl adjacent to an activating group) is 1. The minimum absolute atomic E-state index is 0.459. The van der Waals surface area contributed by atoms with E-state index in [4.69, 9.17) is 0 Å². The van der Waals surface area contributed by atoms with E-state index in [2.05, 4.69) is 44.8 Å². The van der Waals surface area contributed by atoms with Gasteiger partial charge in [0.1, 0.15) is 0 Å². The molecule has 1 aliphatic carbocycles. The highest BCUT2D eigenvalue weighted by molar-refractivity contribution is 5.02. The second-order valence-corrected chi connectivity index (χ2v) is 7.36. The van der Waals surface area contributed by atoms with E-state index in [-0.39, 0.29) is 0 Å². The second-order valence-electron chi connectivity index (χ2n) is 7.36. The molecule has 1 heterocycles. The smallest absolute Gasteiger partial charge is 0.0274 e. The highest BCUT2D eigenvalue weighted by Gasteiger charge is 2.45. The molecule has 1 N–H and O–H groups in total. The fourth-order valence-corrected chi connectivity index (χ4v) is 4.14. The highest BCUT2D eigenvalue weighted by atomic mass is 15.2. The van der Waals surface area contributed by atoms with Crippen LogP contribution in [0, 0.1) is 11.3 Å². The van der Waals surface area contributed by atoms with Gasteiger partial charge in [0, 0.05) is 24.7 Å². The summed E-state index contributed by atoms with van der Waals surface area (Å²) in [6.45, 7) is 14.4. The molecule has 2 rings (SSSR count). The fraction of sp³-hybridized carbons (Fsp3) is 1.00. The lowest BCUT2D eigenvalue weighted by Crippen LogP contribution is -2.56. The third-order valence-corrected chi connectivity index (χ3v) is 5.33. The maximum atomic E-state index is 3.78. The van der Waals surface area contributed by atoms with Crippen molar-refractivity contribution in [2.24, 2.45) is 11.3 Å². The monoisotopic (exact) mass is 252 g/mol. The average molecular weight is 252 g/mol. The Kier molecular flexibility index (Phi) is 4.38. The van der Waals surface area contributed by atoms with Crippen LogP contribution < -0.4 is 5.32 Å². The van der Waals surface area contributed by atoms with Gasteiger partial charge in [-0.05, 0) is 50.5 Å². The molecule has 106 valence electrons. The highest BCUT2D eigenvalue weighted by Crippen LogP contribution is 2.41. The lowest BCUT2D eigenvalue weighted by Gasteiger charge is -2.44. The molecule has 4 atom stereocenters. The van der Waals surface area contributed by atoms with Gasteiger partial charge in [0.25, 0.3) is 0 Å². The van der Waals surface area contributed by atoms with Gasteiger partial charge in [0.05, 0.1) is 0 Å². The Labute approximate surface area is 114 Å². The van der Waals surface area contributed by atoms with Crippen molar-refractivity contribution in [3.05, 3.63) is 0 Å². The van der Waals surface area contributed by atoms with Gasteiger partial charge in [-0.2, -0.15) is 0 Å². The van der Waals surface area contributed by atoms with Crippen LogP contribution in [0.1, 0.15) is 60.3 Å². The van der Waals surface area contributed by atoms with Crippen LogP contribution in [0.15, 0.2) is 0 Å². The van der Waals surface area contributed by atoms with Crippen molar-refractivity contribution in [2.45, 2.75) is 78.4 Å². The first-order valence-corrected chi connectivity index (χ1v) is 7.95. The summed E-state index contributed by atoms with van der Waals surface area (Å²) >= 11 is 0. The lowest BCUT2D eigenvalue weighted by atomic mass is 9.85. The predicted molar refractivity (Wildman–Crippen MR) is 78.8 cm³/mol. The number of rotatable bonds is 3. The molecule has 1 aliphatic heterocycles. The molecule has 0 aromatic heterocycles. The first kappa shape index (κ1) is 14.3. The maximum absolute atomic E-state index is 3.78. The van der Waals surface area contributed by atoms with E-state index in [0.717, 1.165) is 24.5 Å². The van der Waals surface area contributed by atoms with Crippen LogP contribution in [0.5, 0.6) is 0 Å². The minimum Gasteiger partial charge on any atom is -0.312 e. The van der Waals surface area contributed by atoms with Crippen LogP contribution in [-0.2, 0) is 0 Å². The van der Waals surface area contributed by atoms with E-state index in [1.54, 1.807) is 0 Å². The van der Waals surface area contributed by atoms with E-state index < -0.39 is 0 Å². The number of hydrogen-bond donors (Lipinski definition) is 1. The Morgan fingerprint density at radius 3 is 2.56 bits per heavy atom. The van der Waals surface area contributed by atoms with E-state index >= 15 is 0 Å². The second kappa shape index (κ2) is 5.50. The molecule has 0 aromatic rings. The van der Waals surface area contributed by atoms with Crippen molar-refractivity contribution in [2.75, 3.05) is 13.1 Å². The van der Waals surface area contributed by atoms with Crippen LogP contribution in [0.25, 0.3) is 0 Å². The minimum atomic E-state index is 0.459. The number of nitrogens with zero attached hydrogens (tertiary/aromatic N) is 1. The van der Waals surface area contributed by atoms with Crippen LogP contribution in [0.2, 0.25) is 0 Å². The first-order chi connectivity index (χ1) is 8.45. The van der Waals surface area contributed by atoms with Crippen molar-refractivity contribution in [1.82, 2.24) is 10.2 Å². The van der Waals surface area contributed by atoms with Crippen molar-refractivity contribution in [1.29, 1.82) is 0 Å². The summed E-state index contributed by atoms with van der Waals surface area (Å²) in [5.74, 6) is 0.882. The standard InChI is InChI=1S/C16H32N2/c1-6-17-15-14(9-10-16(15,4)5)18-11-12(2)7-8-13(18)3/h12-15,17H,6-11H2,1-5H3. The summed E-state index contributed by atoms with van der Waals surface area (Å²) in [6, 6.07) is 2.22. The SMILES string of the molecule is CCNC1C(N2CC(C)CCC2C)CCC1(C)C. The topological polar surface area (TPSA) is 15.3 Å². The lowest BCUT2D eigenvalue weighted by molar-refractivity contribution is 0.0562. The van der Waals surface area contributed by atoms with Gasteiger partial charge >= 0.3 is 0 Å². The number of hydrogen-bond acceptors (Lipinski definition) is 2. The van der Waals surface area contributed by atoms with E-state index in [9.17, 15) is 0 Å². The summed E-state index contributed by atoms with van der Waals surface area (Å²) in [5.41, 5.74) is 0.459. The third-order valence-electron chi connectivity index (χ3n) is 5.33. The molecule has 1 saturated heterocycles. The van der Waals surface area contributed by atoms with E-state index in [1.807, 2.05) is 0 Å². The average Bonchev–Trinajstić information content (AvgIpc) is 2.59. The van der Waals surface area contributed by atoms with Crippen molar-refractivity contribution < 1.29 is 0 Å². The van der Waals surface area contributed by atoms with E-state index in [0.29, 0.717) is 11.5 Å². The van der Waals surface area contributed by atoms with Gasteiger partial charge in [-0.15, -0.1) is 0 Å². The largest absolute Gasteiger partial charge is 0.312 e. The predicted octanol–water partition coefficient (Wildman–Crippen LogP) is 3.27.